The number of hydrogen-bond acceptors (Lipinski definition) is 4. The van der Waals surface area contributed by atoms with Crippen molar-refractivity contribution in [2.45, 2.75) is 58.1 Å². The monoisotopic (exact) mass is 473 g/mol. The minimum absolute atomic E-state index is 0.0957. The van der Waals surface area contributed by atoms with E-state index in [-0.39, 0.29) is 17.9 Å². The Kier molecular flexibility index (Phi) is 7.19. The molecule has 184 valence electrons. The van der Waals surface area contributed by atoms with Gasteiger partial charge in [-0.2, -0.15) is 5.10 Å². The van der Waals surface area contributed by atoms with Gasteiger partial charge in [0.1, 0.15) is 11.4 Å². The number of ether oxygens (including phenoxy) is 2. The van der Waals surface area contributed by atoms with Crippen molar-refractivity contribution >= 4 is 5.91 Å². The van der Waals surface area contributed by atoms with Crippen LogP contribution in [0.5, 0.6) is 11.6 Å². The number of aromatic nitrogens is 2. The predicted octanol–water partition coefficient (Wildman–Crippen LogP) is 5.89. The molecule has 1 aromatic heterocycles. The number of carbonyl (C=O) groups is 1. The zero-order valence-electron chi connectivity index (χ0n) is 20.8. The first-order valence-corrected chi connectivity index (χ1v) is 12.8. The second kappa shape index (κ2) is 10.6. The molecule has 2 aromatic carbocycles. The zero-order chi connectivity index (χ0) is 24.2. The Morgan fingerprint density at radius 2 is 1.89 bits per heavy atom. The molecule has 0 spiro atoms. The summed E-state index contributed by atoms with van der Waals surface area (Å²) in [7, 11) is 1.91. The standard InChI is InChI=1S/C29H35N3O3/c1-21-10-8-15-24(18-21)35-29-26(27(30-31(29)2)22-11-4-3-5-12-22)20-32(19-25-16-9-17-34-25)28(33)23-13-6-7-14-23/h3-5,8,10-12,15,18,23,25H,6-7,9,13-14,16-17,19-20H2,1-2H3/t25-/m1/s1. The SMILES string of the molecule is Cc1cccc(Oc2c(CN(C[C@H]3CCCO3)C(=O)C3CCCC3)c(-c3ccccc3)nn2C)c1. The smallest absolute Gasteiger partial charge is 0.226 e. The van der Waals surface area contributed by atoms with Gasteiger partial charge in [0, 0.05) is 31.7 Å². The first-order chi connectivity index (χ1) is 17.1. The second-order valence-corrected chi connectivity index (χ2v) is 9.88. The zero-order valence-corrected chi connectivity index (χ0v) is 20.8. The number of aryl methyl sites for hydroxylation is 2. The van der Waals surface area contributed by atoms with Crippen molar-refractivity contribution in [3.63, 3.8) is 0 Å². The number of carbonyl (C=O) groups excluding carboxylic acids is 1. The van der Waals surface area contributed by atoms with Crippen molar-refractivity contribution in [3.8, 4) is 22.9 Å². The molecule has 1 amide bonds. The lowest BCUT2D eigenvalue weighted by Gasteiger charge is -2.28. The van der Waals surface area contributed by atoms with Crippen LogP contribution in [0, 0.1) is 12.8 Å². The molecule has 0 N–H and O–H groups in total. The molecule has 35 heavy (non-hydrogen) atoms. The molecule has 6 heteroatoms. The van der Waals surface area contributed by atoms with Crippen LogP contribution in [0.3, 0.4) is 0 Å². The Hall–Kier alpha value is -3.12. The molecule has 0 unspecified atom stereocenters. The summed E-state index contributed by atoms with van der Waals surface area (Å²) in [6.07, 6.45) is 6.37. The fraction of sp³-hybridized carbons (Fsp3) is 0.448. The van der Waals surface area contributed by atoms with Crippen molar-refractivity contribution in [2.24, 2.45) is 13.0 Å². The first-order valence-electron chi connectivity index (χ1n) is 12.8. The molecule has 1 aliphatic carbocycles. The van der Waals surface area contributed by atoms with E-state index in [0.717, 1.165) is 73.3 Å². The maximum Gasteiger partial charge on any atom is 0.226 e. The molecule has 2 aliphatic rings. The molecule has 1 saturated carbocycles. The van der Waals surface area contributed by atoms with E-state index in [4.69, 9.17) is 14.6 Å². The first kappa shape index (κ1) is 23.6. The maximum absolute atomic E-state index is 13.7. The molecular formula is C29H35N3O3. The molecule has 1 saturated heterocycles. The Morgan fingerprint density at radius 1 is 1.09 bits per heavy atom. The minimum Gasteiger partial charge on any atom is -0.439 e. The van der Waals surface area contributed by atoms with Crippen molar-refractivity contribution in [2.75, 3.05) is 13.2 Å². The summed E-state index contributed by atoms with van der Waals surface area (Å²) in [4.78, 5) is 15.7. The summed E-state index contributed by atoms with van der Waals surface area (Å²) in [6, 6.07) is 18.2. The van der Waals surface area contributed by atoms with Gasteiger partial charge in [-0.1, -0.05) is 55.3 Å². The highest BCUT2D eigenvalue weighted by Gasteiger charge is 2.32. The summed E-state index contributed by atoms with van der Waals surface area (Å²) in [5.74, 6) is 1.78. The number of amides is 1. The van der Waals surface area contributed by atoms with Crippen molar-refractivity contribution in [1.29, 1.82) is 0 Å². The molecule has 2 heterocycles. The van der Waals surface area contributed by atoms with Crippen LogP contribution >= 0.6 is 0 Å². The molecule has 0 radical (unpaired) electrons. The van der Waals surface area contributed by atoms with E-state index in [0.29, 0.717) is 19.0 Å². The van der Waals surface area contributed by atoms with Crippen LogP contribution in [0.4, 0.5) is 0 Å². The van der Waals surface area contributed by atoms with Crippen LogP contribution in [-0.4, -0.2) is 39.8 Å². The Balaban J connectivity index is 1.53. The second-order valence-electron chi connectivity index (χ2n) is 9.88. The van der Waals surface area contributed by atoms with Gasteiger partial charge >= 0.3 is 0 Å². The van der Waals surface area contributed by atoms with Gasteiger partial charge in [0.25, 0.3) is 0 Å². The average Bonchev–Trinajstić information content (AvgIpc) is 3.63. The molecule has 2 fully saturated rings. The van der Waals surface area contributed by atoms with E-state index >= 15 is 0 Å². The number of rotatable bonds is 8. The van der Waals surface area contributed by atoms with Gasteiger partial charge in [-0.3, -0.25) is 4.79 Å². The lowest BCUT2D eigenvalue weighted by atomic mass is 10.0. The van der Waals surface area contributed by atoms with E-state index in [2.05, 4.69) is 25.1 Å². The maximum atomic E-state index is 13.7. The largest absolute Gasteiger partial charge is 0.439 e. The topological polar surface area (TPSA) is 56.6 Å². The van der Waals surface area contributed by atoms with Crippen LogP contribution in [0.2, 0.25) is 0 Å². The number of hydrogen-bond donors (Lipinski definition) is 0. The fourth-order valence-corrected chi connectivity index (χ4v) is 5.33. The highest BCUT2D eigenvalue weighted by molar-refractivity contribution is 5.79. The fourth-order valence-electron chi connectivity index (χ4n) is 5.33. The van der Waals surface area contributed by atoms with Gasteiger partial charge in [0.15, 0.2) is 0 Å². The molecule has 1 aliphatic heterocycles. The summed E-state index contributed by atoms with van der Waals surface area (Å²) in [5, 5.41) is 4.86. The van der Waals surface area contributed by atoms with Crippen LogP contribution in [0.15, 0.2) is 54.6 Å². The predicted molar refractivity (Wildman–Crippen MR) is 136 cm³/mol. The van der Waals surface area contributed by atoms with Crippen molar-refractivity contribution in [1.82, 2.24) is 14.7 Å². The van der Waals surface area contributed by atoms with Crippen molar-refractivity contribution in [3.05, 3.63) is 65.7 Å². The third-order valence-corrected chi connectivity index (χ3v) is 7.15. The lowest BCUT2D eigenvalue weighted by molar-refractivity contribution is -0.137. The van der Waals surface area contributed by atoms with E-state index in [1.165, 1.54) is 0 Å². The van der Waals surface area contributed by atoms with E-state index in [1.54, 1.807) is 4.68 Å². The van der Waals surface area contributed by atoms with Crippen molar-refractivity contribution < 1.29 is 14.3 Å². The van der Waals surface area contributed by atoms with Gasteiger partial charge in [0.2, 0.25) is 11.8 Å². The van der Waals surface area contributed by atoms with Gasteiger partial charge in [-0.15, -0.1) is 0 Å². The Morgan fingerprint density at radius 3 is 2.60 bits per heavy atom. The highest BCUT2D eigenvalue weighted by atomic mass is 16.5. The molecule has 3 aromatic rings. The number of benzene rings is 2. The molecule has 6 nitrogen and oxygen atoms in total. The number of nitrogens with zero attached hydrogens (tertiary/aromatic N) is 3. The van der Waals surface area contributed by atoms with Gasteiger partial charge in [-0.05, 0) is 50.3 Å². The summed E-state index contributed by atoms with van der Waals surface area (Å²) in [5.41, 5.74) is 3.94. The third kappa shape index (κ3) is 5.43. The normalized spacial score (nSPS) is 18.2. The van der Waals surface area contributed by atoms with Crippen LogP contribution < -0.4 is 4.74 Å². The van der Waals surface area contributed by atoms with E-state index in [9.17, 15) is 4.79 Å². The average molecular weight is 474 g/mol. The molecule has 1 atom stereocenters. The summed E-state index contributed by atoms with van der Waals surface area (Å²) in [6.45, 7) is 3.90. The minimum atomic E-state index is 0.0957. The highest BCUT2D eigenvalue weighted by Crippen LogP contribution is 2.36. The third-order valence-electron chi connectivity index (χ3n) is 7.15. The quantitative estimate of drug-likeness (QED) is 0.410. The Labute approximate surface area is 207 Å². The molecule has 0 bridgehead atoms. The van der Waals surface area contributed by atoms with Gasteiger partial charge < -0.3 is 14.4 Å². The molecule has 5 rings (SSSR count). The Bertz CT molecular complexity index is 1150. The van der Waals surface area contributed by atoms with Gasteiger partial charge in [0.05, 0.1) is 18.2 Å². The molecular weight excluding hydrogens is 438 g/mol. The van der Waals surface area contributed by atoms with E-state index < -0.39 is 0 Å². The van der Waals surface area contributed by atoms with Crippen LogP contribution in [0.1, 0.15) is 49.7 Å². The lowest BCUT2D eigenvalue weighted by Crippen LogP contribution is -2.40. The van der Waals surface area contributed by atoms with E-state index in [1.807, 2.05) is 48.3 Å². The van der Waals surface area contributed by atoms with Crippen LogP contribution in [-0.2, 0) is 23.1 Å². The summed E-state index contributed by atoms with van der Waals surface area (Å²) >= 11 is 0. The van der Waals surface area contributed by atoms with Crippen LogP contribution in [0.25, 0.3) is 11.3 Å². The van der Waals surface area contributed by atoms with Gasteiger partial charge in [-0.25, -0.2) is 4.68 Å². The summed E-state index contributed by atoms with van der Waals surface area (Å²) < 4.78 is 14.2.